The van der Waals surface area contributed by atoms with Crippen LogP contribution in [-0.2, 0) is 17.8 Å². The van der Waals surface area contributed by atoms with Crippen molar-refractivity contribution >= 4 is 5.91 Å². The molecule has 1 N–H and O–H groups in total. The van der Waals surface area contributed by atoms with Crippen molar-refractivity contribution in [2.24, 2.45) is 0 Å². The Morgan fingerprint density at radius 1 is 1.19 bits per heavy atom. The molecule has 138 valence electrons. The van der Waals surface area contributed by atoms with Crippen molar-refractivity contribution < 1.29 is 9.53 Å². The fourth-order valence-electron chi connectivity index (χ4n) is 3.55. The van der Waals surface area contributed by atoms with Crippen molar-refractivity contribution in [1.29, 1.82) is 0 Å². The number of ether oxygens (including phenoxy) is 1. The Hall–Kier alpha value is -3.08. The molecule has 0 fully saturated rings. The maximum absolute atomic E-state index is 12.9. The first-order valence-electron chi connectivity index (χ1n) is 9.21. The van der Waals surface area contributed by atoms with E-state index in [1.165, 1.54) is 0 Å². The lowest BCUT2D eigenvalue weighted by Crippen LogP contribution is -2.38. The van der Waals surface area contributed by atoms with Crippen molar-refractivity contribution in [3.63, 3.8) is 0 Å². The standard InChI is InChI=1S/C22H23N3O2/c1-15(16-7-4-3-5-8-16)22(26)25-12-11-19-20(14-25)24-21(23-19)17-9-6-10-18(13-17)27-2/h3-10,13,15H,11-12,14H2,1-2H3,(H,23,24)/t15-/m1/s1. The molecule has 1 aliphatic rings. The predicted octanol–water partition coefficient (Wildman–Crippen LogP) is 3.77. The number of aromatic amines is 1. The molecule has 4 rings (SSSR count). The SMILES string of the molecule is COc1cccc(-c2nc3c([nH]2)CN(C(=O)[C@H](C)c2ccccc2)CC3)c1. The minimum absolute atomic E-state index is 0.145. The number of nitrogens with one attached hydrogen (secondary N) is 1. The molecule has 3 aromatic rings. The molecule has 0 spiro atoms. The summed E-state index contributed by atoms with van der Waals surface area (Å²) in [5.74, 6) is 1.64. The molecule has 0 aliphatic carbocycles. The fourth-order valence-corrected chi connectivity index (χ4v) is 3.55. The van der Waals surface area contributed by atoms with Gasteiger partial charge in [-0.3, -0.25) is 4.79 Å². The molecular formula is C22H23N3O2. The van der Waals surface area contributed by atoms with Crippen molar-refractivity contribution in [2.75, 3.05) is 13.7 Å². The number of amides is 1. The van der Waals surface area contributed by atoms with E-state index in [4.69, 9.17) is 9.72 Å². The van der Waals surface area contributed by atoms with E-state index in [0.717, 1.165) is 40.5 Å². The highest BCUT2D eigenvalue weighted by molar-refractivity contribution is 5.83. The lowest BCUT2D eigenvalue weighted by molar-refractivity contribution is -0.133. The predicted molar refractivity (Wildman–Crippen MR) is 105 cm³/mol. The maximum Gasteiger partial charge on any atom is 0.230 e. The van der Waals surface area contributed by atoms with Crippen LogP contribution in [0.25, 0.3) is 11.4 Å². The van der Waals surface area contributed by atoms with Gasteiger partial charge in [0.05, 0.1) is 31.0 Å². The lowest BCUT2D eigenvalue weighted by atomic mass is 9.98. The van der Waals surface area contributed by atoms with E-state index in [0.29, 0.717) is 13.1 Å². The van der Waals surface area contributed by atoms with E-state index in [-0.39, 0.29) is 11.8 Å². The molecule has 5 nitrogen and oxygen atoms in total. The molecule has 1 aromatic heterocycles. The number of carbonyl (C=O) groups is 1. The van der Waals surface area contributed by atoms with E-state index in [2.05, 4.69) is 4.98 Å². The molecule has 1 atom stereocenters. The quantitative estimate of drug-likeness (QED) is 0.769. The van der Waals surface area contributed by atoms with Gasteiger partial charge >= 0.3 is 0 Å². The zero-order valence-electron chi connectivity index (χ0n) is 15.6. The normalized spacial score (nSPS) is 14.5. The molecular weight excluding hydrogens is 338 g/mol. The van der Waals surface area contributed by atoms with Crippen LogP contribution >= 0.6 is 0 Å². The molecule has 0 saturated heterocycles. The van der Waals surface area contributed by atoms with E-state index in [9.17, 15) is 4.79 Å². The summed E-state index contributed by atoms with van der Waals surface area (Å²) in [6.07, 6.45) is 0.767. The average molecular weight is 361 g/mol. The summed E-state index contributed by atoms with van der Waals surface area (Å²) in [6.45, 7) is 3.25. The van der Waals surface area contributed by atoms with Crippen LogP contribution in [0.15, 0.2) is 54.6 Å². The third-order valence-corrected chi connectivity index (χ3v) is 5.16. The summed E-state index contributed by atoms with van der Waals surface area (Å²) in [6, 6.07) is 17.8. The summed E-state index contributed by atoms with van der Waals surface area (Å²) < 4.78 is 5.30. The van der Waals surface area contributed by atoms with Gasteiger partial charge in [0, 0.05) is 18.5 Å². The Kier molecular flexibility index (Phi) is 4.67. The topological polar surface area (TPSA) is 58.2 Å². The molecule has 2 heterocycles. The second-order valence-electron chi connectivity index (χ2n) is 6.88. The van der Waals surface area contributed by atoms with Crippen molar-refractivity contribution in [3.8, 4) is 17.1 Å². The largest absolute Gasteiger partial charge is 0.497 e. The third-order valence-electron chi connectivity index (χ3n) is 5.16. The molecule has 0 saturated carbocycles. The molecule has 1 amide bonds. The Labute approximate surface area is 159 Å². The molecule has 27 heavy (non-hydrogen) atoms. The van der Waals surface area contributed by atoms with Crippen molar-refractivity contribution in [2.45, 2.75) is 25.8 Å². The first-order chi connectivity index (χ1) is 13.2. The number of nitrogens with zero attached hydrogens (tertiary/aromatic N) is 2. The Balaban J connectivity index is 1.53. The Morgan fingerprint density at radius 3 is 2.78 bits per heavy atom. The highest BCUT2D eigenvalue weighted by atomic mass is 16.5. The summed E-state index contributed by atoms with van der Waals surface area (Å²) in [5, 5.41) is 0. The van der Waals surface area contributed by atoms with E-state index >= 15 is 0 Å². The number of rotatable bonds is 4. The van der Waals surface area contributed by atoms with E-state index < -0.39 is 0 Å². The van der Waals surface area contributed by atoms with Crippen LogP contribution in [0.5, 0.6) is 5.75 Å². The zero-order valence-corrected chi connectivity index (χ0v) is 15.6. The number of imidazole rings is 1. The first kappa shape index (κ1) is 17.3. The van der Waals surface area contributed by atoms with Crippen LogP contribution in [0, 0.1) is 0 Å². The molecule has 0 bridgehead atoms. The van der Waals surface area contributed by atoms with Crippen LogP contribution in [0.3, 0.4) is 0 Å². The third kappa shape index (κ3) is 3.45. The molecule has 5 heteroatoms. The van der Waals surface area contributed by atoms with Gasteiger partial charge in [-0.25, -0.2) is 4.98 Å². The molecule has 0 radical (unpaired) electrons. The van der Waals surface area contributed by atoms with Crippen LogP contribution in [0.1, 0.15) is 29.8 Å². The minimum Gasteiger partial charge on any atom is -0.497 e. The van der Waals surface area contributed by atoms with Gasteiger partial charge in [0.2, 0.25) is 5.91 Å². The number of hydrogen-bond donors (Lipinski definition) is 1. The van der Waals surface area contributed by atoms with E-state index in [1.807, 2.05) is 66.4 Å². The highest BCUT2D eigenvalue weighted by Gasteiger charge is 2.27. The van der Waals surface area contributed by atoms with Crippen LogP contribution in [0.4, 0.5) is 0 Å². The Morgan fingerprint density at radius 2 is 2.00 bits per heavy atom. The number of methoxy groups -OCH3 is 1. The van der Waals surface area contributed by atoms with Gasteiger partial charge in [-0.2, -0.15) is 0 Å². The number of carbonyl (C=O) groups excluding carboxylic acids is 1. The summed E-state index contributed by atoms with van der Waals surface area (Å²) in [5.41, 5.74) is 4.10. The van der Waals surface area contributed by atoms with E-state index in [1.54, 1.807) is 7.11 Å². The Bertz CT molecular complexity index is 949. The van der Waals surface area contributed by atoms with Crippen molar-refractivity contribution in [3.05, 3.63) is 71.5 Å². The maximum atomic E-state index is 12.9. The van der Waals surface area contributed by atoms with Gasteiger partial charge in [0.25, 0.3) is 0 Å². The van der Waals surface area contributed by atoms with Gasteiger partial charge in [0.15, 0.2) is 0 Å². The summed E-state index contributed by atoms with van der Waals surface area (Å²) in [7, 11) is 1.66. The van der Waals surface area contributed by atoms with Gasteiger partial charge in [-0.05, 0) is 24.6 Å². The van der Waals surface area contributed by atoms with Crippen LogP contribution in [0.2, 0.25) is 0 Å². The summed E-state index contributed by atoms with van der Waals surface area (Å²) in [4.78, 5) is 23.0. The number of hydrogen-bond acceptors (Lipinski definition) is 3. The lowest BCUT2D eigenvalue weighted by Gasteiger charge is -2.29. The second-order valence-corrected chi connectivity index (χ2v) is 6.88. The number of fused-ring (bicyclic) bond motifs is 1. The number of H-pyrrole nitrogens is 1. The number of benzene rings is 2. The monoisotopic (exact) mass is 361 g/mol. The van der Waals surface area contributed by atoms with Crippen molar-refractivity contribution in [1.82, 2.24) is 14.9 Å². The second kappa shape index (κ2) is 7.27. The van der Waals surface area contributed by atoms with Gasteiger partial charge in [-0.15, -0.1) is 0 Å². The average Bonchev–Trinajstić information content (AvgIpc) is 3.17. The van der Waals surface area contributed by atoms with Gasteiger partial charge in [0.1, 0.15) is 11.6 Å². The molecule has 0 unspecified atom stereocenters. The minimum atomic E-state index is -0.145. The van der Waals surface area contributed by atoms with Gasteiger partial charge < -0.3 is 14.6 Å². The van der Waals surface area contributed by atoms with Crippen LogP contribution in [-0.4, -0.2) is 34.4 Å². The van der Waals surface area contributed by atoms with Gasteiger partial charge in [-0.1, -0.05) is 42.5 Å². The van der Waals surface area contributed by atoms with Crippen LogP contribution < -0.4 is 4.74 Å². The smallest absolute Gasteiger partial charge is 0.230 e. The number of aromatic nitrogens is 2. The molecule has 2 aromatic carbocycles. The summed E-state index contributed by atoms with van der Waals surface area (Å²) >= 11 is 0. The first-order valence-corrected chi connectivity index (χ1v) is 9.21. The fraction of sp³-hybridized carbons (Fsp3) is 0.273. The molecule has 1 aliphatic heterocycles. The zero-order chi connectivity index (χ0) is 18.8. The highest BCUT2D eigenvalue weighted by Crippen LogP contribution is 2.27.